The molecule has 2 aromatic rings. The first-order chi connectivity index (χ1) is 14.2. The van der Waals surface area contributed by atoms with Crippen molar-refractivity contribution < 1.29 is 4.79 Å². The van der Waals surface area contributed by atoms with Gasteiger partial charge in [-0.2, -0.15) is 0 Å². The van der Waals surface area contributed by atoms with Gasteiger partial charge in [-0.3, -0.25) is 14.6 Å². The Labute approximate surface area is 177 Å². The number of aromatic nitrogens is 1. The van der Waals surface area contributed by atoms with Crippen LogP contribution in [0, 0.1) is 0 Å². The molecule has 6 nitrogen and oxygen atoms in total. The van der Waals surface area contributed by atoms with Crippen LogP contribution in [0.4, 0.5) is 5.82 Å². The van der Waals surface area contributed by atoms with Gasteiger partial charge in [-0.25, -0.2) is 4.98 Å². The fourth-order valence-electron chi connectivity index (χ4n) is 3.97. The number of anilines is 1. The fraction of sp³-hybridized carbons (Fsp3) is 0.455. The molecule has 1 aromatic carbocycles. The molecule has 29 heavy (non-hydrogen) atoms. The first kappa shape index (κ1) is 20.1. The summed E-state index contributed by atoms with van der Waals surface area (Å²) in [6.07, 6.45) is 1.83. The van der Waals surface area contributed by atoms with Crippen molar-refractivity contribution >= 4 is 23.3 Å². The van der Waals surface area contributed by atoms with Gasteiger partial charge in [0.15, 0.2) is 0 Å². The minimum absolute atomic E-state index is 0.252. The number of carbonyl (C=O) groups excluding carboxylic acids is 1. The maximum atomic E-state index is 12.7. The lowest BCUT2D eigenvalue weighted by atomic mass is 10.2. The average Bonchev–Trinajstić information content (AvgIpc) is 2.77. The quantitative estimate of drug-likeness (QED) is 0.751. The summed E-state index contributed by atoms with van der Waals surface area (Å²) in [4.78, 5) is 26.1. The van der Waals surface area contributed by atoms with E-state index in [4.69, 9.17) is 11.6 Å². The number of nitrogens with zero attached hydrogens (tertiary/aromatic N) is 5. The third kappa shape index (κ3) is 5.47. The summed E-state index contributed by atoms with van der Waals surface area (Å²) in [7, 11) is 0. The molecule has 1 amide bonds. The first-order valence-electron chi connectivity index (χ1n) is 10.3. The number of piperazine rings is 2. The Morgan fingerprint density at radius 2 is 1.55 bits per heavy atom. The van der Waals surface area contributed by atoms with Crippen molar-refractivity contribution in [1.82, 2.24) is 19.7 Å². The van der Waals surface area contributed by atoms with E-state index in [2.05, 4.69) is 31.8 Å². The molecule has 0 N–H and O–H groups in total. The topological polar surface area (TPSA) is 42.9 Å². The smallest absolute Gasteiger partial charge is 0.236 e. The second-order valence-corrected chi connectivity index (χ2v) is 8.17. The second kappa shape index (κ2) is 9.57. The number of carbonyl (C=O) groups is 1. The van der Waals surface area contributed by atoms with E-state index in [9.17, 15) is 4.79 Å². The standard InChI is InChI=1S/C22H28ClN5O/c23-20-6-4-19(5-7-20)17-25-11-15-28(16-12-25)22(29)18-26-9-13-27(14-10-26)21-3-1-2-8-24-21/h1-8H,9-18H2. The normalized spacial score (nSPS) is 18.8. The molecule has 0 bridgehead atoms. The van der Waals surface area contributed by atoms with Crippen LogP contribution in [0.3, 0.4) is 0 Å². The van der Waals surface area contributed by atoms with Gasteiger partial charge in [-0.1, -0.05) is 29.8 Å². The lowest BCUT2D eigenvalue weighted by molar-refractivity contribution is -0.134. The van der Waals surface area contributed by atoms with E-state index in [-0.39, 0.29) is 5.91 Å². The highest BCUT2D eigenvalue weighted by Gasteiger charge is 2.25. The van der Waals surface area contributed by atoms with Crippen molar-refractivity contribution in [3.8, 4) is 0 Å². The van der Waals surface area contributed by atoms with Crippen LogP contribution in [-0.4, -0.2) is 84.5 Å². The van der Waals surface area contributed by atoms with E-state index < -0.39 is 0 Å². The Morgan fingerprint density at radius 3 is 2.21 bits per heavy atom. The summed E-state index contributed by atoms with van der Waals surface area (Å²) in [5, 5.41) is 0.769. The molecule has 0 radical (unpaired) electrons. The molecule has 2 aliphatic heterocycles. The highest BCUT2D eigenvalue weighted by molar-refractivity contribution is 6.30. The van der Waals surface area contributed by atoms with Crippen molar-refractivity contribution in [2.75, 3.05) is 63.8 Å². The van der Waals surface area contributed by atoms with Crippen LogP contribution >= 0.6 is 11.6 Å². The number of rotatable bonds is 5. The maximum absolute atomic E-state index is 12.7. The van der Waals surface area contributed by atoms with Gasteiger partial charge in [-0.05, 0) is 29.8 Å². The number of halogens is 1. The van der Waals surface area contributed by atoms with Crippen molar-refractivity contribution in [3.05, 3.63) is 59.2 Å². The van der Waals surface area contributed by atoms with Crippen LogP contribution in [-0.2, 0) is 11.3 Å². The van der Waals surface area contributed by atoms with Gasteiger partial charge < -0.3 is 9.80 Å². The fourth-order valence-corrected chi connectivity index (χ4v) is 4.10. The first-order valence-corrected chi connectivity index (χ1v) is 10.7. The van der Waals surface area contributed by atoms with Crippen LogP contribution in [0.1, 0.15) is 5.56 Å². The Bertz CT molecular complexity index is 785. The largest absolute Gasteiger partial charge is 0.354 e. The zero-order valence-electron chi connectivity index (χ0n) is 16.7. The molecule has 1 aromatic heterocycles. The van der Waals surface area contributed by atoms with E-state index >= 15 is 0 Å². The van der Waals surface area contributed by atoms with Gasteiger partial charge in [0, 0.05) is 70.1 Å². The van der Waals surface area contributed by atoms with Crippen molar-refractivity contribution in [1.29, 1.82) is 0 Å². The van der Waals surface area contributed by atoms with Crippen LogP contribution in [0.5, 0.6) is 0 Å². The van der Waals surface area contributed by atoms with Crippen molar-refractivity contribution in [3.63, 3.8) is 0 Å². The van der Waals surface area contributed by atoms with E-state index in [0.29, 0.717) is 6.54 Å². The number of amides is 1. The molecule has 7 heteroatoms. The Hall–Kier alpha value is -2.15. The summed E-state index contributed by atoms with van der Waals surface area (Å²) in [5.74, 6) is 1.28. The van der Waals surface area contributed by atoms with Gasteiger partial charge in [-0.15, -0.1) is 0 Å². The summed E-state index contributed by atoms with van der Waals surface area (Å²) in [5.41, 5.74) is 1.26. The molecule has 2 fully saturated rings. The minimum Gasteiger partial charge on any atom is -0.354 e. The molecule has 0 spiro atoms. The van der Waals surface area contributed by atoms with Crippen molar-refractivity contribution in [2.24, 2.45) is 0 Å². The molecular formula is C22H28ClN5O. The summed E-state index contributed by atoms with van der Waals surface area (Å²) < 4.78 is 0. The van der Waals surface area contributed by atoms with Crippen LogP contribution in [0.25, 0.3) is 0 Å². The van der Waals surface area contributed by atoms with Gasteiger partial charge in [0.1, 0.15) is 5.82 Å². The number of benzene rings is 1. The lowest BCUT2D eigenvalue weighted by Crippen LogP contribution is -2.53. The zero-order chi connectivity index (χ0) is 20.1. The highest BCUT2D eigenvalue weighted by Crippen LogP contribution is 2.14. The summed E-state index contributed by atoms with van der Waals surface area (Å²) in [6.45, 7) is 8.52. The minimum atomic E-state index is 0.252. The lowest BCUT2D eigenvalue weighted by Gasteiger charge is -2.38. The average molecular weight is 414 g/mol. The van der Waals surface area contributed by atoms with Crippen LogP contribution in [0.2, 0.25) is 5.02 Å². The van der Waals surface area contributed by atoms with Crippen LogP contribution in [0.15, 0.2) is 48.7 Å². The third-order valence-corrected chi connectivity index (χ3v) is 6.00. The van der Waals surface area contributed by atoms with Crippen molar-refractivity contribution in [2.45, 2.75) is 6.54 Å². The van der Waals surface area contributed by atoms with Gasteiger partial charge in [0.25, 0.3) is 0 Å². The van der Waals surface area contributed by atoms with Gasteiger partial charge >= 0.3 is 0 Å². The van der Waals surface area contributed by atoms with Gasteiger partial charge in [0.2, 0.25) is 5.91 Å². The molecule has 4 rings (SSSR count). The number of pyridine rings is 1. The molecule has 0 unspecified atom stereocenters. The molecular weight excluding hydrogens is 386 g/mol. The summed E-state index contributed by atoms with van der Waals surface area (Å²) in [6, 6.07) is 14.0. The zero-order valence-corrected chi connectivity index (χ0v) is 17.5. The number of hydrogen-bond donors (Lipinski definition) is 0. The van der Waals surface area contributed by atoms with Crippen LogP contribution < -0.4 is 4.90 Å². The summed E-state index contributed by atoms with van der Waals surface area (Å²) >= 11 is 5.96. The maximum Gasteiger partial charge on any atom is 0.236 e. The molecule has 2 aliphatic rings. The van der Waals surface area contributed by atoms with E-state index in [0.717, 1.165) is 69.7 Å². The Balaban J connectivity index is 1.19. The predicted molar refractivity (Wildman–Crippen MR) is 116 cm³/mol. The molecule has 3 heterocycles. The molecule has 0 aliphatic carbocycles. The molecule has 2 saturated heterocycles. The van der Waals surface area contributed by atoms with E-state index in [1.54, 1.807) is 0 Å². The molecule has 0 atom stereocenters. The van der Waals surface area contributed by atoms with E-state index in [1.807, 2.05) is 41.4 Å². The van der Waals surface area contributed by atoms with Gasteiger partial charge in [0.05, 0.1) is 6.54 Å². The highest BCUT2D eigenvalue weighted by atomic mass is 35.5. The SMILES string of the molecule is O=C(CN1CCN(c2ccccn2)CC1)N1CCN(Cc2ccc(Cl)cc2)CC1. The third-order valence-electron chi connectivity index (χ3n) is 5.75. The Morgan fingerprint density at radius 1 is 0.862 bits per heavy atom. The Kier molecular flexibility index (Phi) is 6.64. The molecule has 0 saturated carbocycles. The molecule has 154 valence electrons. The predicted octanol–water partition coefficient (Wildman–Crippen LogP) is 2.20. The monoisotopic (exact) mass is 413 g/mol. The number of hydrogen-bond acceptors (Lipinski definition) is 5. The van der Waals surface area contributed by atoms with E-state index in [1.165, 1.54) is 5.56 Å². The second-order valence-electron chi connectivity index (χ2n) is 7.73.